The minimum atomic E-state index is -3.45. The molecule has 0 saturated carbocycles. The van der Waals surface area contributed by atoms with Crippen LogP contribution in [0.2, 0.25) is 0 Å². The van der Waals surface area contributed by atoms with E-state index in [1.54, 1.807) is 4.31 Å². The molecule has 1 aromatic carbocycles. The van der Waals surface area contributed by atoms with Gasteiger partial charge in [0.2, 0.25) is 15.9 Å². The van der Waals surface area contributed by atoms with E-state index in [0.717, 1.165) is 55.5 Å². The topological polar surface area (TPSA) is 57.7 Å². The first kappa shape index (κ1) is 16.1. The average Bonchev–Trinajstić information content (AvgIpc) is 2.58. The molecule has 0 unspecified atom stereocenters. The van der Waals surface area contributed by atoms with Crippen molar-refractivity contribution >= 4 is 21.6 Å². The standard InChI is InChI=1S/C18H24N2O3S/c1-13-5-2-3-10-20(13)24(22,23)16-11-14-6-4-9-19-17(21)8-7-15(12-16)18(14)19/h11-13H,2-10H2,1H3/t13-/m0/s1. The molecule has 130 valence electrons. The summed E-state index contributed by atoms with van der Waals surface area (Å²) in [6.07, 6.45) is 5.85. The number of hydrogen-bond acceptors (Lipinski definition) is 3. The predicted octanol–water partition coefficient (Wildman–Crippen LogP) is 2.48. The molecular weight excluding hydrogens is 324 g/mol. The summed E-state index contributed by atoms with van der Waals surface area (Å²) in [5, 5.41) is 0. The molecule has 5 nitrogen and oxygen atoms in total. The molecule has 24 heavy (non-hydrogen) atoms. The number of benzene rings is 1. The fourth-order valence-electron chi connectivity index (χ4n) is 4.33. The number of carbonyl (C=O) groups excluding carboxylic acids is 1. The van der Waals surface area contributed by atoms with Crippen molar-refractivity contribution in [3.05, 3.63) is 23.3 Å². The van der Waals surface area contributed by atoms with Gasteiger partial charge in [0.15, 0.2) is 0 Å². The van der Waals surface area contributed by atoms with Gasteiger partial charge in [0.05, 0.1) is 10.6 Å². The van der Waals surface area contributed by atoms with Gasteiger partial charge < -0.3 is 4.90 Å². The summed E-state index contributed by atoms with van der Waals surface area (Å²) in [6.45, 7) is 3.37. The van der Waals surface area contributed by atoms with Gasteiger partial charge >= 0.3 is 0 Å². The maximum absolute atomic E-state index is 13.2. The Kier molecular flexibility index (Phi) is 3.92. The molecule has 3 aliphatic heterocycles. The normalized spacial score (nSPS) is 24.8. The van der Waals surface area contributed by atoms with Crippen LogP contribution in [0.3, 0.4) is 0 Å². The summed E-state index contributed by atoms with van der Waals surface area (Å²) in [4.78, 5) is 14.4. The highest BCUT2D eigenvalue weighted by atomic mass is 32.2. The van der Waals surface area contributed by atoms with Crippen LogP contribution < -0.4 is 4.90 Å². The molecule has 0 aliphatic carbocycles. The van der Waals surface area contributed by atoms with Gasteiger partial charge in [-0.1, -0.05) is 6.42 Å². The number of rotatable bonds is 2. The Bertz CT molecular complexity index is 770. The smallest absolute Gasteiger partial charge is 0.243 e. The third-order valence-corrected chi connectivity index (χ3v) is 7.59. The lowest BCUT2D eigenvalue weighted by atomic mass is 9.92. The lowest BCUT2D eigenvalue weighted by molar-refractivity contribution is -0.119. The van der Waals surface area contributed by atoms with Crippen molar-refractivity contribution < 1.29 is 13.2 Å². The Labute approximate surface area is 143 Å². The van der Waals surface area contributed by atoms with Crippen LogP contribution in [0.4, 0.5) is 5.69 Å². The molecule has 1 aromatic rings. The summed E-state index contributed by atoms with van der Waals surface area (Å²) in [7, 11) is -3.45. The van der Waals surface area contributed by atoms with Crippen LogP contribution in [0.5, 0.6) is 0 Å². The van der Waals surface area contributed by atoms with Gasteiger partial charge in [-0.2, -0.15) is 4.31 Å². The minimum absolute atomic E-state index is 0.0641. The monoisotopic (exact) mass is 348 g/mol. The van der Waals surface area contributed by atoms with Gasteiger partial charge in [0, 0.05) is 25.6 Å². The van der Waals surface area contributed by atoms with Gasteiger partial charge in [-0.25, -0.2) is 8.42 Å². The molecular formula is C18H24N2O3S. The molecule has 1 fully saturated rings. The molecule has 6 heteroatoms. The van der Waals surface area contributed by atoms with Crippen molar-refractivity contribution in [3.63, 3.8) is 0 Å². The second-order valence-corrected chi connectivity index (χ2v) is 9.09. The zero-order valence-electron chi connectivity index (χ0n) is 14.1. The predicted molar refractivity (Wildman–Crippen MR) is 92.6 cm³/mol. The maximum Gasteiger partial charge on any atom is 0.243 e. The highest BCUT2D eigenvalue weighted by Crippen LogP contribution is 2.38. The molecule has 3 heterocycles. The fraction of sp³-hybridized carbons (Fsp3) is 0.611. The van der Waals surface area contributed by atoms with Crippen LogP contribution in [0, 0.1) is 0 Å². The van der Waals surface area contributed by atoms with Gasteiger partial charge in [0.1, 0.15) is 0 Å². The molecule has 1 atom stereocenters. The summed E-state index contributed by atoms with van der Waals surface area (Å²) >= 11 is 0. The number of sulfonamides is 1. The van der Waals surface area contributed by atoms with Crippen molar-refractivity contribution in [2.45, 2.75) is 62.8 Å². The Balaban J connectivity index is 1.79. The lowest BCUT2D eigenvalue weighted by Crippen LogP contribution is -2.42. The van der Waals surface area contributed by atoms with E-state index in [4.69, 9.17) is 0 Å². The Morgan fingerprint density at radius 1 is 1.00 bits per heavy atom. The van der Waals surface area contributed by atoms with Crippen molar-refractivity contribution in [2.24, 2.45) is 0 Å². The molecule has 3 aliphatic rings. The van der Waals surface area contributed by atoms with E-state index in [9.17, 15) is 13.2 Å². The van der Waals surface area contributed by atoms with E-state index < -0.39 is 10.0 Å². The number of aryl methyl sites for hydroxylation is 2. The molecule has 0 aromatic heterocycles. The average molecular weight is 348 g/mol. The summed E-state index contributed by atoms with van der Waals surface area (Å²) in [5.41, 5.74) is 3.04. The summed E-state index contributed by atoms with van der Waals surface area (Å²) in [6, 6.07) is 3.70. The van der Waals surface area contributed by atoms with Crippen LogP contribution in [0.1, 0.15) is 50.2 Å². The van der Waals surface area contributed by atoms with Crippen LogP contribution >= 0.6 is 0 Å². The third kappa shape index (κ3) is 2.47. The number of hydrogen-bond donors (Lipinski definition) is 0. The first-order valence-electron chi connectivity index (χ1n) is 8.96. The molecule has 0 spiro atoms. The second-order valence-electron chi connectivity index (χ2n) is 7.20. The first-order valence-corrected chi connectivity index (χ1v) is 10.4. The highest BCUT2D eigenvalue weighted by Gasteiger charge is 2.35. The Hall–Kier alpha value is -1.40. The lowest BCUT2D eigenvalue weighted by Gasteiger charge is -2.36. The van der Waals surface area contributed by atoms with Crippen molar-refractivity contribution in [3.8, 4) is 0 Å². The number of piperidine rings is 1. The van der Waals surface area contributed by atoms with E-state index in [2.05, 4.69) is 0 Å². The van der Waals surface area contributed by atoms with Gasteiger partial charge in [-0.15, -0.1) is 0 Å². The fourth-order valence-corrected chi connectivity index (χ4v) is 6.14. The van der Waals surface area contributed by atoms with E-state index in [1.165, 1.54) is 0 Å². The van der Waals surface area contributed by atoms with Crippen molar-refractivity contribution in [2.75, 3.05) is 18.0 Å². The SMILES string of the molecule is C[C@H]1CCCCN1S(=O)(=O)c1cc2c3c(c1)CCC(=O)N3CCC2. The number of amides is 1. The van der Waals surface area contributed by atoms with Crippen LogP contribution in [-0.4, -0.2) is 37.8 Å². The van der Waals surface area contributed by atoms with E-state index in [1.807, 2.05) is 24.0 Å². The van der Waals surface area contributed by atoms with E-state index >= 15 is 0 Å². The quantitative estimate of drug-likeness (QED) is 0.825. The van der Waals surface area contributed by atoms with Gasteiger partial charge in [-0.3, -0.25) is 4.79 Å². The first-order chi connectivity index (χ1) is 11.5. The summed E-state index contributed by atoms with van der Waals surface area (Å²) < 4.78 is 28.0. The molecule has 0 N–H and O–H groups in total. The van der Waals surface area contributed by atoms with Crippen LogP contribution in [0.25, 0.3) is 0 Å². The molecule has 1 saturated heterocycles. The largest absolute Gasteiger partial charge is 0.312 e. The van der Waals surface area contributed by atoms with E-state index in [0.29, 0.717) is 24.3 Å². The maximum atomic E-state index is 13.2. The number of carbonyl (C=O) groups is 1. The summed E-state index contributed by atoms with van der Waals surface area (Å²) in [5.74, 6) is 0.170. The molecule has 4 rings (SSSR count). The van der Waals surface area contributed by atoms with Crippen LogP contribution in [0.15, 0.2) is 17.0 Å². The molecule has 0 radical (unpaired) electrons. The molecule has 1 amide bonds. The van der Waals surface area contributed by atoms with E-state index in [-0.39, 0.29) is 11.9 Å². The Morgan fingerprint density at radius 3 is 2.50 bits per heavy atom. The number of anilines is 1. The van der Waals surface area contributed by atoms with Gasteiger partial charge in [0.25, 0.3) is 0 Å². The highest BCUT2D eigenvalue weighted by molar-refractivity contribution is 7.89. The Morgan fingerprint density at radius 2 is 1.75 bits per heavy atom. The second kappa shape index (κ2) is 5.85. The zero-order valence-corrected chi connectivity index (χ0v) is 14.9. The van der Waals surface area contributed by atoms with Crippen molar-refractivity contribution in [1.82, 2.24) is 4.31 Å². The van der Waals surface area contributed by atoms with Crippen molar-refractivity contribution in [1.29, 1.82) is 0 Å². The van der Waals surface area contributed by atoms with Crippen LogP contribution in [-0.2, 0) is 27.7 Å². The third-order valence-electron chi connectivity index (χ3n) is 5.60. The van der Waals surface area contributed by atoms with Gasteiger partial charge in [-0.05, 0) is 62.3 Å². The minimum Gasteiger partial charge on any atom is -0.312 e. The molecule has 0 bridgehead atoms. The number of nitrogens with zero attached hydrogens (tertiary/aromatic N) is 2. The zero-order chi connectivity index (χ0) is 16.9.